The van der Waals surface area contributed by atoms with Gasteiger partial charge in [-0.15, -0.1) is 0 Å². The summed E-state index contributed by atoms with van der Waals surface area (Å²) in [5.74, 6) is 0. The Morgan fingerprint density at radius 3 is 2.00 bits per heavy atom. The topological polar surface area (TPSA) is 49.9 Å². The molecule has 0 saturated carbocycles. The van der Waals surface area contributed by atoms with E-state index in [1.807, 2.05) is 0 Å². The molecule has 0 unspecified atom stereocenters. The van der Waals surface area contributed by atoms with Crippen LogP contribution < -0.4 is 57.1 Å². The Labute approximate surface area is 69.2 Å². The second-order valence-electron chi connectivity index (χ2n) is 0.167. The van der Waals surface area contributed by atoms with Crippen molar-refractivity contribution in [1.29, 1.82) is 5.41 Å². The maximum Gasteiger partial charge on any atom is 1.00 e. The summed E-state index contributed by atoms with van der Waals surface area (Å²) in [7, 11) is 0. The van der Waals surface area contributed by atoms with Crippen molar-refractivity contribution >= 4 is 6.34 Å². The molecule has 20 valence electrons. The van der Waals surface area contributed by atoms with E-state index in [2.05, 4.69) is 5.73 Å². The molecule has 0 aliphatic heterocycles. The van der Waals surface area contributed by atoms with Crippen LogP contribution in [-0.2, 0) is 0 Å². The van der Waals surface area contributed by atoms with Crippen LogP contribution in [0, 0.1) is 5.41 Å². The van der Waals surface area contributed by atoms with Crippen LogP contribution in [0.3, 0.4) is 0 Å². The van der Waals surface area contributed by atoms with Crippen LogP contribution in [0.2, 0.25) is 0 Å². The van der Waals surface area contributed by atoms with E-state index < -0.39 is 0 Å². The Morgan fingerprint density at radius 1 is 2.00 bits per heavy atom. The van der Waals surface area contributed by atoms with E-state index in [4.69, 9.17) is 5.41 Å². The molecule has 0 bridgehead atoms. The summed E-state index contributed by atoms with van der Waals surface area (Å²) in [5, 5.41) is 5.86. The Hall–Kier alpha value is 1.11. The average Bonchev–Trinajstić information content (AvgIpc) is 0.918. The number of rotatable bonds is 0. The van der Waals surface area contributed by atoms with Gasteiger partial charge >= 0.3 is 51.4 Å². The molecule has 0 amide bonds. The van der Waals surface area contributed by atoms with E-state index in [1.165, 1.54) is 0 Å². The smallest absolute Gasteiger partial charge is 1.00 e. The predicted molar refractivity (Wildman–Crippen MR) is 14.1 cm³/mol. The van der Waals surface area contributed by atoms with Crippen molar-refractivity contribution < 1.29 is 52.8 Å². The van der Waals surface area contributed by atoms with E-state index in [0.29, 0.717) is 0 Å². The molecule has 3 heteroatoms. The number of nitrogens with two attached hydrogens (primary N) is 1. The second kappa shape index (κ2) is 8.93. The van der Waals surface area contributed by atoms with Crippen LogP contribution in [0.1, 0.15) is 1.43 Å². The first-order chi connectivity index (χ1) is 1.41. The first-order valence-electron chi connectivity index (χ1n) is 0.622. The Morgan fingerprint density at radius 2 is 2.00 bits per heavy atom. The molecule has 3 N–H and O–H groups in total. The summed E-state index contributed by atoms with van der Waals surface area (Å²) in [6.45, 7) is 0. The third kappa shape index (κ3) is 11.3. The van der Waals surface area contributed by atoms with Gasteiger partial charge in [0.05, 0.1) is 6.34 Å². The molecule has 0 heterocycles. The molecule has 0 spiro atoms. The minimum atomic E-state index is 0. The molecule has 0 aromatic carbocycles. The van der Waals surface area contributed by atoms with Crippen molar-refractivity contribution in [3.05, 3.63) is 0 Å². The van der Waals surface area contributed by atoms with Crippen molar-refractivity contribution in [2.45, 2.75) is 0 Å². The summed E-state index contributed by atoms with van der Waals surface area (Å²) in [4.78, 5) is 0. The molecular weight excluding hydrogens is 79.1 g/mol. The van der Waals surface area contributed by atoms with Crippen molar-refractivity contribution in [3.63, 3.8) is 0 Å². The third-order valence-electron chi connectivity index (χ3n) is 0. The molecule has 4 heavy (non-hydrogen) atoms. The van der Waals surface area contributed by atoms with Crippen LogP contribution in [0.4, 0.5) is 0 Å². The van der Waals surface area contributed by atoms with Crippen LogP contribution in [0.5, 0.6) is 0 Å². The van der Waals surface area contributed by atoms with E-state index in [9.17, 15) is 0 Å². The first-order valence-corrected chi connectivity index (χ1v) is 0.622. The number of hydrogen-bond acceptors (Lipinski definition) is 1. The van der Waals surface area contributed by atoms with Crippen LogP contribution in [0.25, 0.3) is 0 Å². The minimum absolute atomic E-state index is 0. The molecule has 2 nitrogen and oxygen atoms in total. The zero-order valence-electron chi connectivity index (χ0n) is 3.65. The first kappa shape index (κ1) is 8.92. The van der Waals surface area contributed by atoms with E-state index in [-0.39, 0.29) is 52.8 Å². The predicted octanol–water partition coefficient (Wildman–Crippen LogP) is -3.33. The van der Waals surface area contributed by atoms with Gasteiger partial charge in [-0.1, -0.05) is 0 Å². The molecule has 0 rings (SSSR count). The Kier molecular flexibility index (Phi) is 19.9. The molecule has 0 saturated heterocycles. The largest absolute Gasteiger partial charge is 1.00 e. The monoisotopic (exact) mass is 84.0 g/mol. The fraction of sp³-hybridized carbons (Fsp3) is 0. The van der Waals surface area contributed by atoms with Gasteiger partial charge in [0.2, 0.25) is 0 Å². The molecule has 0 atom stereocenters. The summed E-state index contributed by atoms with van der Waals surface area (Å²) in [6.07, 6.45) is 0.750. The average molecular weight is 84.2 g/mol. The SMILES string of the molecule is N=CN.[H-].[K+]. The molecule has 0 fully saturated rings. The van der Waals surface area contributed by atoms with E-state index >= 15 is 0 Å². The maximum atomic E-state index is 5.86. The number of nitrogens with one attached hydrogen (secondary N) is 1. The van der Waals surface area contributed by atoms with Crippen LogP contribution >= 0.6 is 0 Å². The van der Waals surface area contributed by atoms with Crippen molar-refractivity contribution in [1.82, 2.24) is 0 Å². The van der Waals surface area contributed by atoms with Crippen LogP contribution in [0.15, 0.2) is 0 Å². The zero-order chi connectivity index (χ0) is 2.71. The molecule has 0 aliphatic carbocycles. The summed E-state index contributed by atoms with van der Waals surface area (Å²) in [5.41, 5.74) is 4.39. The summed E-state index contributed by atoms with van der Waals surface area (Å²) >= 11 is 0. The van der Waals surface area contributed by atoms with Crippen molar-refractivity contribution in [2.24, 2.45) is 5.73 Å². The second-order valence-corrected chi connectivity index (χ2v) is 0.167. The van der Waals surface area contributed by atoms with Crippen molar-refractivity contribution in [3.8, 4) is 0 Å². The fourth-order valence-corrected chi connectivity index (χ4v) is 0. The zero-order valence-corrected chi connectivity index (χ0v) is 5.78. The van der Waals surface area contributed by atoms with Crippen molar-refractivity contribution in [2.75, 3.05) is 0 Å². The van der Waals surface area contributed by atoms with E-state index in [0.717, 1.165) is 6.34 Å². The molecule has 0 radical (unpaired) electrons. The van der Waals surface area contributed by atoms with Crippen LogP contribution in [-0.4, -0.2) is 6.34 Å². The summed E-state index contributed by atoms with van der Waals surface area (Å²) < 4.78 is 0. The fourth-order valence-electron chi connectivity index (χ4n) is 0. The standard InChI is InChI=1S/CH4N2.K.H/c2-1-3;;/h1H,(H3,2,3);;/q;+1;-1. The van der Waals surface area contributed by atoms with Gasteiger partial charge in [-0.05, 0) is 0 Å². The summed E-state index contributed by atoms with van der Waals surface area (Å²) in [6, 6.07) is 0. The molecular formula is CH5KN2. The van der Waals surface area contributed by atoms with Gasteiger partial charge in [0.1, 0.15) is 0 Å². The van der Waals surface area contributed by atoms with Gasteiger partial charge in [0.25, 0.3) is 0 Å². The van der Waals surface area contributed by atoms with Gasteiger partial charge < -0.3 is 7.16 Å². The van der Waals surface area contributed by atoms with Gasteiger partial charge in [-0.3, -0.25) is 5.41 Å². The molecule has 0 aliphatic rings. The van der Waals surface area contributed by atoms with Gasteiger partial charge in [0, 0.05) is 0 Å². The molecule has 0 aromatic rings. The normalized spacial score (nSPS) is 3.00. The van der Waals surface area contributed by atoms with Gasteiger partial charge in [-0.2, -0.15) is 0 Å². The Balaban J connectivity index is -0.0000000200. The number of hydrogen-bond donors (Lipinski definition) is 2. The molecule has 0 aromatic heterocycles. The maximum absolute atomic E-state index is 5.86. The van der Waals surface area contributed by atoms with Gasteiger partial charge in [0.15, 0.2) is 0 Å². The van der Waals surface area contributed by atoms with E-state index in [1.54, 1.807) is 0 Å². The Bertz CT molecular complexity index is 17.1. The quantitative estimate of drug-likeness (QED) is 0.180. The van der Waals surface area contributed by atoms with Gasteiger partial charge in [-0.25, -0.2) is 0 Å². The third-order valence-corrected chi connectivity index (χ3v) is 0. The minimum Gasteiger partial charge on any atom is -1.00 e.